The molecule has 2 aromatic carbocycles. The van der Waals surface area contributed by atoms with E-state index in [1.165, 1.54) is 29.3 Å². The van der Waals surface area contributed by atoms with Crippen molar-refractivity contribution in [3.8, 4) is 11.1 Å². The smallest absolute Gasteiger partial charge is 0.407 e. The molecule has 1 aliphatic heterocycles. The number of carboxylic acids is 1. The predicted octanol–water partition coefficient (Wildman–Crippen LogP) is 2.46. The molecule has 1 aliphatic carbocycles. The highest BCUT2D eigenvalue weighted by molar-refractivity contribution is 5.79. The Kier molecular flexibility index (Phi) is 7.44. The lowest BCUT2D eigenvalue weighted by atomic mass is 9.98. The number of ether oxygens (including phenoxy) is 1. The molecule has 2 aromatic rings. The van der Waals surface area contributed by atoms with Crippen LogP contribution in [0.25, 0.3) is 11.1 Å². The Hall–Kier alpha value is -3.43. The molecule has 9 nitrogen and oxygen atoms in total. The van der Waals surface area contributed by atoms with Crippen LogP contribution in [0.4, 0.5) is 4.79 Å². The Morgan fingerprint density at radius 3 is 2.21 bits per heavy atom. The summed E-state index contributed by atoms with van der Waals surface area (Å²) in [5.74, 6) is -1.43. The molecule has 0 bridgehead atoms. The van der Waals surface area contributed by atoms with E-state index in [1.807, 2.05) is 29.2 Å². The number of hydroxylamine groups is 2. The summed E-state index contributed by atoms with van der Waals surface area (Å²) in [6.45, 7) is 1.11. The zero-order valence-electron chi connectivity index (χ0n) is 19.1. The first-order chi connectivity index (χ1) is 16.4. The fraction of sp³-hybridized carbons (Fsp3) is 0.400. The van der Waals surface area contributed by atoms with Crippen molar-refractivity contribution < 1.29 is 29.1 Å². The number of hydrogen-bond donors (Lipinski definition) is 2. The molecule has 0 saturated carbocycles. The van der Waals surface area contributed by atoms with Crippen LogP contribution in [0.5, 0.6) is 0 Å². The Bertz CT molecular complexity index is 1000. The van der Waals surface area contributed by atoms with Crippen molar-refractivity contribution in [2.45, 2.75) is 24.8 Å². The van der Waals surface area contributed by atoms with Gasteiger partial charge in [0.2, 0.25) is 0 Å². The van der Waals surface area contributed by atoms with E-state index in [0.29, 0.717) is 25.9 Å². The van der Waals surface area contributed by atoms with Crippen LogP contribution in [0.1, 0.15) is 29.9 Å². The maximum Gasteiger partial charge on any atom is 0.407 e. The van der Waals surface area contributed by atoms with Crippen LogP contribution in [0.2, 0.25) is 0 Å². The van der Waals surface area contributed by atoms with E-state index in [0.717, 1.165) is 5.06 Å². The molecular formula is C25H29N3O6. The second-order valence-corrected chi connectivity index (χ2v) is 8.58. The SMILES string of the molecule is CN(OCC(=O)O)C(=O)CN1CCC(NC(=O)OCC2c3ccccc3-c3ccccc32)CC1. The van der Waals surface area contributed by atoms with E-state index in [4.69, 9.17) is 14.7 Å². The van der Waals surface area contributed by atoms with E-state index in [2.05, 4.69) is 29.6 Å². The molecule has 2 N–H and O–H groups in total. The highest BCUT2D eigenvalue weighted by Crippen LogP contribution is 2.44. The summed E-state index contributed by atoms with van der Waals surface area (Å²) in [5.41, 5.74) is 4.72. The number of amides is 2. The van der Waals surface area contributed by atoms with Crippen molar-refractivity contribution in [1.82, 2.24) is 15.3 Å². The number of nitrogens with zero attached hydrogens (tertiary/aromatic N) is 2. The maximum absolute atomic E-state index is 12.5. The van der Waals surface area contributed by atoms with E-state index in [-0.39, 0.29) is 31.0 Å². The third-order valence-electron chi connectivity index (χ3n) is 6.34. The number of carboxylic acid groups (broad SMARTS) is 1. The van der Waals surface area contributed by atoms with E-state index >= 15 is 0 Å². The summed E-state index contributed by atoms with van der Waals surface area (Å²) in [6, 6.07) is 16.4. The van der Waals surface area contributed by atoms with Gasteiger partial charge in [-0.3, -0.25) is 14.5 Å². The highest BCUT2D eigenvalue weighted by atomic mass is 16.7. The summed E-state index contributed by atoms with van der Waals surface area (Å²) in [7, 11) is 1.40. The fourth-order valence-electron chi connectivity index (χ4n) is 4.56. The molecule has 34 heavy (non-hydrogen) atoms. The Morgan fingerprint density at radius 1 is 1.03 bits per heavy atom. The lowest BCUT2D eigenvalue weighted by Crippen LogP contribution is -2.47. The lowest BCUT2D eigenvalue weighted by Gasteiger charge is -2.32. The molecule has 2 aliphatic rings. The summed E-state index contributed by atoms with van der Waals surface area (Å²) in [4.78, 5) is 42.0. The first-order valence-corrected chi connectivity index (χ1v) is 11.4. The second kappa shape index (κ2) is 10.7. The minimum atomic E-state index is -1.14. The Morgan fingerprint density at radius 2 is 1.62 bits per heavy atom. The number of nitrogens with one attached hydrogen (secondary N) is 1. The number of likely N-dealkylation sites (tertiary alicyclic amines) is 1. The minimum Gasteiger partial charge on any atom is -0.479 e. The number of fused-ring (bicyclic) bond motifs is 3. The minimum absolute atomic E-state index is 0.0198. The van der Waals surface area contributed by atoms with Gasteiger partial charge in [0.25, 0.3) is 5.91 Å². The van der Waals surface area contributed by atoms with Crippen molar-refractivity contribution in [3.05, 3.63) is 59.7 Å². The molecule has 2 amide bonds. The van der Waals surface area contributed by atoms with Crippen molar-refractivity contribution >= 4 is 18.0 Å². The number of piperidine rings is 1. The van der Waals surface area contributed by atoms with E-state index in [9.17, 15) is 14.4 Å². The van der Waals surface area contributed by atoms with Crippen molar-refractivity contribution in [2.24, 2.45) is 0 Å². The average Bonchev–Trinajstić information content (AvgIpc) is 3.16. The van der Waals surface area contributed by atoms with Gasteiger partial charge in [-0.15, -0.1) is 0 Å². The Labute approximate surface area is 198 Å². The van der Waals surface area contributed by atoms with Gasteiger partial charge < -0.3 is 15.2 Å². The number of benzene rings is 2. The number of carbonyl (C=O) groups excluding carboxylic acids is 2. The number of hydrogen-bond acceptors (Lipinski definition) is 6. The second-order valence-electron chi connectivity index (χ2n) is 8.58. The molecule has 4 rings (SSSR count). The molecule has 1 saturated heterocycles. The zero-order chi connectivity index (χ0) is 24.1. The van der Waals surface area contributed by atoms with Gasteiger partial charge in [0.15, 0.2) is 6.61 Å². The first-order valence-electron chi connectivity index (χ1n) is 11.4. The molecule has 0 unspecified atom stereocenters. The topological polar surface area (TPSA) is 108 Å². The summed E-state index contributed by atoms with van der Waals surface area (Å²) in [5, 5.41) is 12.5. The van der Waals surface area contributed by atoms with Crippen molar-refractivity contribution in [1.29, 1.82) is 0 Å². The number of likely N-dealkylation sites (N-methyl/N-ethyl adjacent to an activating group) is 1. The van der Waals surface area contributed by atoms with Crippen LogP contribution in [0.15, 0.2) is 48.5 Å². The predicted molar refractivity (Wildman–Crippen MR) is 124 cm³/mol. The summed E-state index contributed by atoms with van der Waals surface area (Å²) in [6.07, 6.45) is 0.951. The molecule has 9 heteroatoms. The van der Waals surface area contributed by atoms with Gasteiger partial charge in [-0.2, -0.15) is 0 Å². The van der Waals surface area contributed by atoms with Crippen molar-refractivity contribution in [3.63, 3.8) is 0 Å². The third kappa shape index (κ3) is 5.55. The molecule has 0 atom stereocenters. The Balaban J connectivity index is 1.22. The van der Waals surface area contributed by atoms with Crippen molar-refractivity contribution in [2.75, 3.05) is 39.9 Å². The first kappa shape index (κ1) is 23.7. The standard InChI is InChI=1S/C25H29N3O6/c1-27(34-16-24(30)31)23(29)14-28-12-10-17(11-13-28)26-25(32)33-15-22-20-8-4-2-6-18(20)19-7-3-5-9-21(19)22/h2-9,17,22H,10-16H2,1H3,(H,26,32)(H,30,31). The van der Waals surface area contributed by atoms with Gasteiger partial charge in [-0.1, -0.05) is 48.5 Å². The normalized spacial score (nSPS) is 15.9. The van der Waals surface area contributed by atoms with E-state index < -0.39 is 18.7 Å². The van der Waals surface area contributed by atoms with Crippen LogP contribution >= 0.6 is 0 Å². The van der Waals surface area contributed by atoms with Gasteiger partial charge in [0.05, 0.1) is 6.54 Å². The third-order valence-corrected chi connectivity index (χ3v) is 6.34. The number of alkyl carbamates (subject to hydrolysis) is 1. The van der Waals surface area contributed by atoms with Gasteiger partial charge in [-0.25, -0.2) is 14.7 Å². The average molecular weight is 468 g/mol. The zero-order valence-corrected chi connectivity index (χ0v) is 19.1. The van der Waals surface area contributed by atoms with Crippen LogP contribution in [-0.2, 0) is 19.2 Å². The number of aliphatic carboxylic acids is 1. The van der Waals surface area contributed by atoms with Gasteiger partial charge in [0, 0.05) is 32.1 Å². The van der Waals surface area contributed by atoms with Gasteiger partial charge in [-0.05, 0) is 35.1 Å². The summed E-state index contributed by atoms with van der Waals surface area (Å²) < 4.78 is 5.62. The van der Waals surface area contributed by atoms with Crippen LogP contribution in [0.3, 0.4) is 0 Å². The van der Waals surface area contributed by atoms with Crippen LogP contribution < -0.4 is 5.32 Å². The fourth-order valence-corrected chi connectivity index (χ4v) is 4.56. The largest absolute Gasteiger partial charge is 0.479 e. The van der Waals surface area contributed by atoms with Crippen LogP contribution in [0, 0.1) is 0 Å². The molecule has 0 spiro atoms. The molecule has 0 radical (unpaired) electrons. The number of rotatable bonds is 8. The molecule has 1 heterocycles. The molecular weight excluding hydrogens is 438 g/mol. The highest BCUT2D eigenvalue weighted by Gasteiger charge is 2.30. The van der Waals surface area contributed by atoms with Gasteiger partial charge >= 0.3 is 12.1 Å². The quantitative estimate of drug-likeness (QED) is 0.574. The summed E-state index contributed by atoms with van der Waals surface area (Å²) >= 11 is 0. The lowest BCUT2D eigenvalue weighted by molar-refractivity contribution is -0.186. The molecule has 180 valence electrons. The van der Waals surface area contributed by atoms with E-state index in [1.54, 1.807) is 0 Å². The monoisotopic (exact) mass is 467 g/mol. The molecule has 0 aromatic heterocycles. The van der Waals surface area contributed by atoms with Gasteiger partial charge in [0.1, 0.15) is 6.61 Å². The maximum atomic E-state index is 12.5. The van der Waals surface area contributed by atoms with Crippen LogP contribution in [-0.4, -0.2) is 79.0 Å². The number of carbonyl (C=O) groups is 3. The molecule has 1 fully saturated rings.